The van der Waals surface area contributed by atoms with E-state index in [9.17, 15) is 4.79 Å². The van der Waals surface area contributed by atoms with Crippen molar-refractivity contribution in [2.24, 2.45) is 0 Å². The van der Waals surface area contributed by atoms with E-state index in [1.807, 2.05) is 24.3 Å². The van der Waals surface area contributed by atoms with Crippen LogP contribution in [-0.4, -0.2) is 23.7 Å². The van der Waals surface area contributed by atoms with E-state index < -0.39 is 0 Å². The molecule has 94 valence electrons. The Kier molecular flexibility index (Phi) is 6.01. The van der Waals surface area contributed by atoms with Gasteiger partial charge in [-0.25, -0.2) is 0 Å². The van der Waals surface area contributed by atoms with Crippen molar-refractivity contribution in [3.63, 3.8) is 0 Å². The summed E-state index contributed by atoms with van der Waals surface area (Å²) < 4.78 is 0. The Bertz CT molecular complexity index is 366. The van der Waals surface area contributed by atoms with Crippen LogP contribution in [0.4, 0.5) is 0 Å². The Morgan fingerprint density at radius 1 is 1.53 bits per heavy atom. The Balaban J connectivity index is 2.24. The third-order valence-electron chi connectivity index (χ3n) is 2.41. The molecule has 2 N–H and O–H groups in total. The summed E-state index contributed by atoms with van der Waals surface area (Å²) in [5.74, 6) is 0.00521. The van der Waals surface area contributed by atoms with E-state index >= 15 is 0 Å². The lowest BCUT2D eigenvalue weighted by Gasteiger charge is -2.06. The zero-order valence-corrected chi connectivity index (χ0v) is 10.7. The molecule has 0 spiro atoms. The molecule has 17 heavy (non-hydrogen) atoms. The van der Waals surface area contributed by atoms with Gasteiger partial charge in [-0.05, 0) is 37.5 Å². The normalized spacial score (nSPS) is 12.2. The molecular weight excluding hydrogens is 238 g/mol. The van der Waals surface area contributed by atoms with Crippen molar-refractivity contribution in [2.45, 2.75) is 32.3 Å². The molecule has 1 atom stereocenters. The summed E-state index contributed by atoms with van der Waals surface area (Å²) in [6.45, 7) is 2.23. The Labute approximate surface area is 107 Å². The molecule has 1 rings (SSSR count). The average molecular weight is 256 g/mol. The lowest BCUT2D eigenvalue weighted by atomic mass is 10.1. The molecule has 0 fully saturated rings. The molecule has 0 aliphatic heterocycles. The van der Waals surface area contributed by atoms with E-state index in [2.05, 4.69) is 5.32 Å². The number of halogens is 1. The Morgan fingerprint density at radius 3 is 2.94 bits per heavy atom. The van der Waals surface area contributed by atoms with Crippen LogP contribution in [0.3, 0.4) is 0 Å². The second kappa shape index (κ2) is 7.30. The number of carbonyl (C=O) groups excluding carboxylic acids is 1. The third kappa shape index (κ3) is 6.29. The highest BCUT2D eigenvalue weighted by molar-refractivity contribution is 6.30. The number of benzene rings is 1. The van der Waals surface area contributed by atoms with Gasteiger partial charge in [-0.1, -0.05) is 23.7 Å². The van der Waals surface area contributed by atoms with Gasteiger partial charge in [-0.15, -0.1) is 0 Å². The first-order valence-corrected chi connectivity index (χ1v) is 6.15. The molecule has 0 radical (unpaired) electrons. The van der Waals surface area contributed by atoms with Crippen LogP contribution in [0, 0.1) is 0 Å². The van der Waals surface area contributed by atoms with Crippen LogP contribution < -0.4 is 5.32 Å². The maximum atomic E-state index is 11.5. The minimum absolute atomic E-state index is 0.00521. The predicted octanol–water partition coefficient (Wildman–Crippen LogP) is 2.16. The molecule has 1 unspecified atom stereocenters. The van der Waals surface area contributed by atoms with Gasteiger partial charge >= 0.3 is 0 Å². The summed E-state index contributed by atoms with van der Waals surface area (Å²) in [6.07, 6.45) is 1.34. The van der Waals surface area contributed by atoms with Gasteiger partial charge < -0.3 is 10.4 Å². The molecule has 0 saturated heterocycles. The van der Waals surface area contributed by atoms with E-state index in [0.29, 0.717) is 30.8 Å². The molecule has 1 amide bonds. The monoisotopic (exact) mass is 255 g/mol. The van der Waals surface area contributed by atoms with Gasteiger partial charge in [0.25, 0.3) is 0 Å². The highest BCUT2D eigenvalue weighted by atomic mass is 35.5. The van der Waals surface area contributed by atoms with E-state index in [4.69, 9.17) is 16.7 Å². The molecule has 3 nitrogen and oxygen atoms in total. The molecule has 0 aliphatic rings. The Hall–Kier alpha value is -1.06. The SMILES string of the molecule is CC(O)CCNC(=O)CCc1cccc(Cl)c1. The number of nitrogens with one attached hydrogen (secondary N) is 1. The molecule has 0 aromatic heterocycles. The smallest absolute Gasteiger partial charge is 0.220 e. The van der Waals surface area contributed by atoms with Gasteiger partial charge in [0.1, 0.15) is 0 Å². The fraction of sp³-hybridized carbons (Fsp3) is 0.462. The lowest BCUT2D eigenvalue weighted by molar-refractivity contribution is -0.121. The number of hydrogen-bond donors (Lipinski definition) is 2. The van der Waals surface area contributed by atoms with Crippen LogP contribution in [0.1, 0.15) is 25.3 Å². The van der Waals surface area contributed by atoms with Crippen molar-refractivity contribution in [1.82, 2.24) is 5.32 Å². The number of hydrogen-bond acceptors (Lipinski definition) is 2. The van der Waals surface area contributed by atoms with Gasteiger partial charge in [-0.3, -0.25) is 4.79 Å². The second-order valence-corrected chi connectivity index (χ2v) is 4.55. The summed E-state index contributed by atoms with van der Waals surface area (Å²) >= 11 is 5.85. The number of carbonyl (C=O) groups is 1. The summed E-state index contributed by atoms with van der Waals surface area (Å²) in [5, 5.41) is 12.5. The topological polar surface area (TPSA) is 49.3 Å². The molecule has 1 aromatic rings. The van der Waals surface area contributed by atoms with E-state index in [0.717, 1.165) is 5.56 Å². The molecule has 4 heteroatoms. The summed E-state index contributed by atoms with van der Waals surface area (Å²) in [5.41, 5.74) is 1.06. The van der Waals surface area contributed by atoms with E-state index in [-0.39, 0.29) is 12.0 Å². The van der Waals surface area contributed by atoms with Crippen LogP contribution in [0.15, 0.2) is 24.3 Å². The van der Waals surface area contributed by atoms with E-state index in [1.54, 1.807) is 6.92 Å². The molecular formula is C13H18ClNO2. The van der Waals surface area contributed by atoms with Crippen LogP contribution in [0.2, 0.25) is 5.02 Å². The standard InChI is InChI=1S/C13H18ClNO2/c1-10(16)7-8-15-13(17)6-5-11-3-2-4-12(14)9-11/h2-4,9-10,16H,5-8H2,1H3,(H,15,17). The van der Waals surface area contributed by atoms with Crippen molar-refractivity contribution in [1.29, 1.82) is 0 Å². The first kappa shape index (κ1) is 14.0. The first-order chi connectivity index (χ1) is 8.08. The fourth-order valence-electron chi connectivity index (χ4n) is 1.46. The highest BCUT2D eigenvalue weighted by Crippen LogP contribution is 2.11. The van der Waals surface area contributed by atoms with Crippen molar-refractivity contribution < 1.29 is 9.90 Å². The Morgan fingerprint density at radius 2 is 2.29 bits per heavy atom. The van der Waals surface area contributed by atoms with Crippen LogP contribution in [0.25, 0.3) is 0 Å². The van der Waals surface area contributed by atoms with Gasteiger partial charge in [0.05, 0.1) is 6.10 Å². The minimum Gasteiger partial charge on any atom is -0.393 e. The van der Waals surface area contributed by atoms with Crippen molar-refractivity contribution in [2.75, 3.05) is 6.54 Å². The van der Waals surface area contributed by atoms with Gasteiger partial charge in [-0.2, -0.15) is 0 Å². The summed E-state index contributed by atoms with van der Waals surface area (Å²) in [4.78, 5) is 11.5. The minimum atomic E-state index is -0.372. The first-order valence-electron chi connectivity index (χ1n) is 5.77. The maximum Gasteiger partial charge on any atom is 0.220 e. The van der Waals surface area contributed by atoms with Gasteiger partial charge in [0.15, 0.2) is 0 Å². The molecule has 0 heterocycles. The zero-order chi connectivity index (χ0) is 12.7. The van der Waals surface area contributed by atoms with Crippen LogP contribution in [-0.2, 0) is 11.2 Å². The maximum absolute atomic E-state index is 11.5. The lowest BCUT2D eigenvalue weighted by Crippen LogP contribution is -2.26. The van der Waals surface area contributed by atoms with Crippen molar-refractivity contribution in [3.8, 4) is 0 Å². The molecule has 0 saturated carbocycles. The largest absolute Gasteiger partial charge is 0.393 e. The predicted molar refractivity (Wildman–Crippen MR) is 69.1 cm³/mol. The van der Waals surface area contributed by atoms with Crippen molar-refractivity contribution >= 4 is 17.5 Å². The molecule has 0 bridgehead atoms. The van der Waals surface area contributed by atoms with Gasteiger partial charge in [0, 0.05) is 18.0 Å². The number of rotatable bonds is 6. The number of amides is 1. The fourth-order valence-corrected chi connectivity index (χ4v) is 1.67. The third-order valence-corrected chi connectivity index (χ3v) is 2.65. The number of aliphatic hydroxyl groups excluding tert-OH is 1. The van der Waals surface area contributed by atoms with Crippen molar-refractivity contribution in [3.05, 3.63) is 34.9 Å². The van der Waals surface area contributed by atoms with Crippen LogP contribution >= 0.6 is 11.6 Å². The molecule has 1 aromatic carbocycles. The number of aliphatic hydroxyl groups is 1. The zero-order valence-electron chi connectivity index (χ0n) is 9.95. The van der Waals surface area contributed by atoms with Crippen LogP contribution in [0.5, 0.6) is 0 Å². The number of aryl methyl sites for hydroxylation is 1. The summed E-state index contributed by atoms with van der Waals surface area (Å²) in [7, 11) is 0. The molecule has 0 aliphatic carbocycles. The average Bonchev–Trinajstić information content (AvgIpc) is 2.26. The second-order valence-electron chi connectivity index (χ2n) is 4.12. The summed E-state index contributed by atoms with van der Waals surface area (Å²) in [6, 6.07) is 7.51. The van der Waals surface area contributed by atoms with Gasteiger partial charge in [0.2, 0.25) is 5.91 Å². The van der Waals surface area contributed by atoms with E-state index in [1.165, 1.54) is 0 Å². The highest BCUT2D eigenvalue weighted by Gasteiger charge is 2.03. The quantitative estimate of drug-likeness (QED) is 0.819.